The minimum atomic E-state index is 0.916. The Labute approximate surface area is 269 Å². The third kappa shape index (κ3) is 3.74. The van der Waals surface area contributed by atoms with Crippen molar-refractivity contribution in [3.8, 4) is 32.7 Å². The van der Waals surface area contributed by atoms with E-state index < -0.39 is 0 Å². The predicted octanol–water partition coefficient (Wildman–Crippen LogP) is 13.3. The van der Waals surface area contributed by atoms with Crippen molar-refractivity contribution in [1.29, 1.82) is 0 Å². The lowest BCUT2D eigenvalue weighted by Crippen LogP contribution is -1.91. The summed E-state index contributed by atoms with van der Waals surface area (Å²) in [5.74, 6) is 0. The van der Waals surface area contributed by atoms with Crippen LogP contribution in [-0.4, -0.2) is 0 Å². The van der Waals surface area contributed by atoms with Crippen LogP contribution in [0.4, 0.5) is 0 Å². The van der Waals surface area contributed by atoms with Gasteiger partial charge in [-0.1, -0.05) is 127 Å². The van der Waals surface area contributed by atoms with Crippen LogP contribution in [-0.2, 0) is 0 Å². The van der Waals surface area contributed by atoms with E-state index in [1.807, 2.05) is 11.3 Å². The van der Waals surface area contributed by atoms with Crippen molar-refractivity contribution in [2.75, 3.05) is 0 Å². The summed E-state index contributed by atoms with van der Waals surface area (Å²) in [5.41, 5.74) is 8.10. The van der Waals surface area contributed by atoms with Crippen LogP contribution in [0.5, 0.6) is 0 Å². The van der Waals surface area contributed by atoms with Crippen molar-refractivity contribution >= 4 is 75.7 Å². The van der Waals surface area contributed by atoms with Crippen molar-refractivity contribution in [1.82, 2.24) is 0 Å². The molecular formula is C44H26OS. The minimum absolute atomic E-state index is 0.916. The van der Waals surface area contributed by atoms with E-state index in [9.17, 15) is 0 Å². The predicted molar refractivity (Wildman–Crippen MR) is 198 cm³/mol. The fraction of sp³-hybridized carbons (Fsp3) is 0. The summed E-state index contributed by atoms with van der Waals surface area (Å²) in [5, 5.41) is 11.1. The molecule has 0 spiro atoms. The molecule has 0 saturated heterocycles. The zero-order valence-electron chi connectivity index (χ0n) is 24.8. The molecular weight excluding hydrogens is 577 g/mol. The van der Waals surface area contributed by atoms with Gasteiger partial charge in [0.05, 0.1) is 0 Å². The molecule has 0 aliphatic heterocycles. The van der Waals surface area contributed by atoms with E-state index in [1.54, 1.807) is 0 Å². The Kier molecular flexibility index (Phi) is 5.51. The number of thiophene rings is 1. The van der Waals surface area contributed by atoms with Gasteiger partial charge >= 0.3 is 0 Å². The molecule has 0 amide bonds. The summed E-state index contributed by atoms with van der Waals surface area (Å²) in [6.07, 6.45) is 0. The fourth-order valence-corrected chi connectivity index (χ4v) is 8.54. The van der Waals surface area contributed by atoms with Crippen molar-refractivity contribution in [2.24, 2.45) is 0 Å². The van der Waals surface area contributed by atoms with E-state index in [-0.39, 0.29) is 0 Å². The van der Waals surface area contributed by atoms with Gasteiger partial charge in [-0.2, -0.15) is 0 Å². The van der Waals surface area contributed by atoms with Gasteiger partial charge in [0.1, 0.15) is 11.2 Å². The zero-order chi connectivity index (χ0) is 30.2. The summed E-state index contributed by atoms with van der Waals surface area (Å²) in [6, 6.07) is 57.2. The molecule has 10 rings (SSSR count). The molecule has 2 heteroatoms. The summed E-state index contributed by atoms with van der Waals surface area (Å²) in [7, 11) is 0. The Morgan fingerprint density at radius 3 is 1.78 bits per heavy atom. The van der Waals surface area contributed by atoms with Crippen LogP contribution in [0, 0.1) is 0 Å². The van der Waals surface area contributed by atoms with Crippen molar-refractivity contribution in [3.63, 3.8) is 0 Å². The molecule has 46 heavy (non-hydrogen) atoms. The van der Waals surface area contributed by atoms with Crippen LogP contribution in [0.2, 0.25) is 0 Å². The van der Waals surface area contributed by atoms with Gasteiger partial charge in [0.25, 0.3) is 0 Å². The van der Waals surface area contributed by atoms with E-state index in [4.69, 9.17) is 4.42 Å². The minimum Gasteiger partial charge on any atom is -0.456 e. The molecule has 0 fully saturated rings. The number of hydrogen-bond donors (Lipinski definition) is 0. The van der Waals surface area contributed by atoms with Crippen molar-refractivity contribution in [3.05, 3.63) is 158 Å². The second kappa shape index (κ2) is 9.90. The number of hydrogen-bond acceptors (Lipinski definition) is 2. The first kappa shape index (κ1) is 25.6. The first-order chi connectivity index (χ1) is 22.8. The van der Waals surface area contributed by atoms with Gasteiger partial charge in [-0.15, -0.1) is 11.3 Å². The number of furan rings is 1. The Hall–Kier alpha value is -5.70. The van der Waals surface area contributed by atoms with Gasteiger partial charge in [0, 0.05) is 25.7 Å². The summed E-state index contributed by atoms with van der Waals surface area (Å²) in [6.45, 7) is 0. The largest absolute Gasteiger partial charge is 0.456 e. The Morgan fingerprint density at radius 1 is 0.391 bits per heavy atom. The molecule has 2 aromatic heterocycles. The molecule has 0 bridgehead atoms. The highest BCUT2D eigenvalue weighted by Gasteiger charge is 2.20. The molecule has 0 N–H and O–H groups in total. The molecule has 0 saturated carbocycles. The van der Waals surface area contributed by atoms with Crippen molar-refractivity contribution < 1.29 is 4.42 Å². The Bertz CT molecular complexity index is 2740. The first-order valence-electron chi connectivity index (χ1n) is 15.7. The van der Waals surface area contributed by atoms with Gasteiger partial charge in [-0.05, 0) is 90.5 Å². The third-order valence-electron chi connectivity index (χ3n) is 9.47. The van der Waals surface area contributed by atoms with E-state index >= 15 is 0 Å². The molecule has 0 aliphatic rings. The Morgan fingerprint density at radius 2 is 1.02 bits per heavy atom. The topological polar surface area (TPSA) is 13.1 Å². The van der Waals surface area contributed by atoms with E-state index in [0.29, 0.717) is 0 Å². The molecule has 10 aromatic rings. The lowest BCUT2D eigenvalue weighted by atomic mass is 9.84. The number of benzene rings is 8. The number of rotatable bonds is 3. The zero-order valence-corrected chi connectivity index (χ0v) is 25.6. The second-order valence-corrected chi connectivity index (χ2v) is 13.1. The first-order valence-corrected chi connectivity index (χ1v) is 16.5. The normalized spacial score (nSPS) is 11.9. The maximum absolute atomic E-state index is 6.46. The van der Waals surface area contributed by atoms with Gasteiger partial charge in [0.15, 0.2) is 0 Å². The average Bonchev–Trinajstić information content (AvgIpc) is 3.72. The van der Waals surface area contributed by atoms with Crippen molar-refractivity contribution in [2.45, 2.75) is 0 Å². The van der Waals surface area contributed by atoms with E-state index in [0.717, 1.165) is 16.6 Å². The average molecular weight is 603 g/mol. The Balaban J connectivity index is 1.27. The molecule has 1 nitrogen and oxygen atoms in total. The smallest absolute Gasteiger partial charge is 0.136 e. The monoisotopic (exact) mass is 602 g/mol. The van der Waals surface area contributed by atoms with Crippen LogP contribution in [0.1, 0.15) is 0 Å². The molecule has 0 radical (unpaired) electrons. The quantitative estimate of drug-likeness (QED) is 0.183. The highest BCUT2D eigenvalue weighted by Crippen LogP contribution is 2.47. The highest BCUT2D eigenvalue weighted by molar-refractivity contribution is 7.22. The van der Waals surface area contributed by atoms with Crippen LogP contribution in [0.15, 0.2) is 162 Å². The maximum atomic E-state index is 6.46. The third-order valence-corrected chi connectivity index (χ3v) is 10.6. The van der Waals surface area contributed by atoms with Gasteiger partial charge in [-0.3, -0.25) is 0 Å². The van der Waals surface area contributed by atoms with Gasteiger partial charge in [0.2, 0.25) is 0 Å². The molecule has 0 atom stereocenters. The summed E-state index contributed by atoms with van der Waals surface area (Å²) in [4.78, 5) is 1.27. The van der Waals surface area contributed by atoms with E-state index in [2.05, 4.69) is 158 Å². The molecule has 2 heterocycles. The highest BCUT2D eigenvalue weighted by atomic mass is 32.1. The number of fused-ring (bicyclic) bond motifs is 8. The van der Waals surface area contributed by atoms with Crippen LogP contribution >= 0.6 is 11.3 Å². The van der Waals surface area contributed by atoms with Gasteiger partial charge in [-0.25, -0.2) is 0 Å². The molecule has 0 aliphatic carbocycles. The van der Waals surface area contributed by atoms with Crippen LogP contribution in [0.25, 0.3) is 97.0 Å². The van der Waals surface area contributed by atoms with Gasteiger partial charge < -0.3 is 4.42 Å². The second-order valence-electron chi connectivity index (χ2n) is 12.0. The van der Waals surface area contributed by atoms with Crippen LogP contribution < -0.4 is 0 Å². The SMILES string of the molecule is c1ccc(-c2cc3c(ccc4oc5ccc(-c6c7ccccc7c(-c7cccc8ccccc78)c7ccccc67)cc5c43)s2)cc1. The molecule has 8 aromatic carbocycles. The lowest BCUT2D eigenvalue weighted by molar-refractivity contribution is 0.669. The lowest BCUT2D eigenvalue weighted by Gasteiger charge is -2.18. The van der Waals surface area contributed by atoms with Crippen LogP contribution in [0.3, 0.4) is 0 Å². The molecule has 214 valence electrons. The maximum Gasteiger partial charge on any atom is 0.136 e. The van der Waals surface area contributed by atoms with E-state index in [1.165, 1.54) is 80.5 Å². The molecule has 0 unspecified atom stereocenters. The summed E-state index contributed by atoms with van der Waals surface area (Å²) >= 11 is 1.84. The standard InChI is InChI=1S/C44H26OS/c1-2-12-28(13-3-1)41-26-37-40(46-41)24-23-39-44(37)36-25-29(21-22-38(36)45-39)42-32-16-6-8-18-34(32)43(35-19-9-7-17-33(35)42)31-20-10-14-27-11-4-5-15-30(27)31/h1-26H. The fourth-order valence-electron chi connectivity index (χ4n) is 7.46. The summed E-state index contributed by atoms with van der Waals surface area (Å²) < 4.78 is 7.74.